The number of hydrogen-bond acceptors (Lipinski definition) is 4. The molecule has 2 N–H and O–H groups in total. The van der Waals surface area contributed by atoms with Crippen molar-refractivity contribution in [2.45, 2.75) is 6.92 Å². The summed E-state index contributed by atoms with van der Waals surface area (Å²) in [6.45, 7) is 1.58. The molecule has 0 saturated carbocycles. The topological polar surface area (TPSA) is 92.4 Å². The zero-order valence-corrected chi connectivity index (χ0v) is 11.7. The Bertz CT molecular complexity index is 868. The summed E-state index contributed by atoms with van der Waals surface area (Å²) < 4.78 is 5.39. The molecule has 2 heterocycles. The second-order valence-corrected chi connectivity index (χ2v) is 4.72. The third-order valence-corrected chi connectivity index (χ3v) is 3.25. The van der Waals surface area contributed by atoms with Crippen molar-refractivity contribution in [1.29, 1.82) is 0 Å². The van der Waals surface area contributed by atoms with E-state index in [1.807, 2.05) is 0 Å². The fourth-order valence-corrected chi connectivity index (χ4v) is 2.25. The van der Waals surface area contributed by atoms with Gasteiger partial charge in [-0.25, -0.2) is 9.78 Å². The van der Waals surface area contributed by atoms with Crippen LogP contribution in [0, 0.1) is 6.92 Å². The second-order valence-electron chi connectivity index (χ2n) is 4.72. The first-order valence-corrected chi connectivity index (χ1v) is 6.55. The Morgan fingerprint density at radius 1 is 1.23 bits per heavy atom. The van der Waals surface area contributed by atoms with E-state index >= 15 is 0 Å². The molecule has 0 aliphatic rings. The standard InChI is InChI=1S/C16H12N2O4/c1-9-14(16(20)21)11-8-10(5-6-12(11)22-9)15(19)18-13-4-2-3-7-17-13/h2-8H,1H3,(H,20,21)(H,17,18,19). The number of furan rings is 1. The number of carbonyl (C=O) groups excluding carboxylic acids is 1. The number of carboxylic acids is 1. The molecular weight excluding hydrogens is 284 g/mol. The maximum Gasteiger partial charge on any atom is 0.339 e. The largest absolute Gasteiger partial charge is 0.478 e. The van der Waals surface area contributed by atoms with E-state index in [1.54, 1.807) is 43.5 Å². The van der Waals surface area contributed by atoms with Crippen molar-refractivity contribution in [3.8, 4) is 0 Å². The van der Waals surface area contributed by atoms with Crippen molar-refractivity contribution in [2.24, 2.45) is 0 Å². The molecule has 2 aromatic heterocycles. The van der Waals surface area contributed by atoms with E-state index in [-0.39, 0.29) is 11.5 Å². The highest BCUT2D eigenvalue weighted by atomic mass is 16.4. The zero-order valence-electron chi connectivity index (χ0n) is 11.7. The number of aromatic carboxylic acids is 1. The number of amides is 1. The lowest BCUT2D eigenvalue weighted by molar-refractivity contribution is 0.0696. The summed E-state index contributed by atoms with van der Waals surface area (Å²) in [7, 11) is 0. The fourth-order valence-electron chi connectivity index (χ4n) is 2.25. The lowest BCUT2D eigenvalue weighted by Crippen LogP contribution is -2.12. The van der Waals surface area contributed by atoms with E-state index < -0.39 is 5.97 Å². The molecular formula is C16H12N2O4. The van der Waals surface area contributed by atoms with Gasteiger partial charge in [-0.1, -0.05) is 6.07 Å². The van der Waals surface area contributed by atoms with E-state index in [2.05, 4.69) is 10.3 Å². The Kier molecular flexibility index (Phi) is 3.34. The normalized spacial score (nSPS) is 10.6. The number of rotatable bonds is 3. The van der Waals surface area contributed by atoms with Crippen molar-refractivity contribution in [2.75, 3.05) is 5.32 Å². The number of benzene rings is 1. The van der Waals surface area contributed by atoms with Gasteiger partial charge in [-0.2, -0.15) is 0 Å². The minimum atomic E-state index is -1.08. The first kappa shape index (κ1) is 13.8. The van der Waals surface area contributed by atoms with Crippen molar-refractivity contribution >= 4 is 28.7 Å². The Hall–Kier alpha value is -3.15. The Balaban J connectivity index is 1.99. The summed E-state index contributed by atoms with van der Waals surface area (Å²) in [6, 6.07) is 9.84. The molecule has 0 saturated heterocycles. The summed E-state index contributed by atoms with van der Waals surface area (Å²) in [5, 5.41) is 12.3. The SMILES string of the molecule is Cc1oc2ccc(C(=O)Nc3ccccn3)cc2c1C(=O)O. The van der Waals surface area contributed by atoms with E-state index in [4.69, 9.17) is 4.42 Å². The Morgan fingerprint density at radius 2 is 2.05 bits per heavy atom. The molecule has 3 rings (SSSR count). The lowest BCUT2D eigenvalue weighted by Gasteiger charge is -2.04. The maximum absolute atomic E-state index is 12.2. The molecule has 0 unspecified atom stereocenters. The van der Waals surface area contributed by atoms with Crippen LogP contribution in [0.3, 0.4) is 0 Å². The molecule has 1 amide bonds. The summed E-state index contributed by atoms with van der Waals surface area (Å²) in [5.74, 6) is -0.714. The third kappa shape index (κ3) is 2.42. The maximum atomic E-state index is 12.2. The van der Waals surface area contributed by atoms with Crippen LogP contribution >= 0.6 is 0 Å². The number of anilines is 1. The summed E-state index contributed by atoms with van der Waals surface area (Å²) in [5.41, 5.74) is 0.841. The van der Waals surface area contributed by atoms with Crippen LogP contribution in [0.15, 0.2) is 47.0 Å². The van der Waals surface area contributed by atoms with Gasteiger partial charge in [0.2, 0.25) is 0 Å². The fraction of sp³-hybridized carbons (Fsp3) is 0.0625. The number of fused-ring (bicyclic) bond motifs is 1. The molecule has 0 aliphatic carbocycles. The summed E-state index contributed by atoms with van der Waals surface area (Å²) >= 11 is 0. The van der Waals surface area contributed by atoms with Gasteiger partial charge in [-0.05, 0) is 37.3 Å². The number of carboxylic acid groups (broad SMARTS) is 1. The van der Waals surface area contributed by atoms with Crippen LogP contribution < -0.4 is 5.32 Å². The van der Waals surface area contributed by atoms with E-state index in [1.165, 1.54) is 6.07 Å². The minimum Gasteiger partial charge on any atom is -0.478 e. The average Bonchev–Trinajstić information content (AvgIpc) is 2.83. The van der Waals surface area contributed by atoms with E-state index in [0.29, 0.717) is 28.1 Å². The Morgan fingerprint density at radius 3 is 2.73 bits per heavy atom. The van der Waals surface area contributed by atoms with Crippen molar-refractivity contribution in [3.05, 3.63) is 59.5 Å². The molecule has 22 heavy (non-hydrogen) atoms. The Labute approximate surface area is 125 Å². The number of nitrogens with zero attached hydrogens (tertiary/aromatic N) is 1. The van der Waals surface area contributed by atoms with Crippen LogP contribution in [-0.2, 0) is 0 Å². The second kappa shape index (κ2) is 5.33. The first-order chi connectivity index (χ1) is 10.6. The van der Waals surface area contributed by atoms with Gasteiger partial charge < -0.3 is 14.8 Å². The smallest absolute Gasteiger partial charge is 0.339 e. The molecule has 1 aromatic carbocycles. The number of nitrogens with one attached hydrogen (secondary N) is 1. The molecule has 3 aromatic rings. The van der Waals surface area contributed by atoms with Gasteiger partial charge in [0.05, 0.1) is 0 Å². The molecule has 0 atom stereocenters. The van der Waals surface area contributed by atoms with Crippen LogP contribution in [0.1, 0.15) is 26.5 Å². The molecule has 6 heteroatoms. The predicted octanol–water partition coefficient (Wildman–Crippen LogP) is 3.09. The van der Waals surface area contributed by atoms with E-state index in [9.17, 15) is 14.7 Å². The van der Waals surface area contributed by atoms with Crippen LogP contribution in [0.25, 0.3) is 11.0 Å². The van der Waals surface area contributed by atoms with Gasteiger partial charge in [-0.3, -0.25) is 4.79 Å². The number of carbonyl (C=O) groups is 2. The quantitative estimate of drug-likeness (QED) is 0.774. The van der Waals surface area contributed by atoms with Crippen molar-refractivity contribution < 1.29 is 19.1 Å². The highest BCUT2D eigenvalue weighted by molar-refractivity contribution is 6.09. The summed E-state index contributed by atoms with van der Waals surface area (Å²) in [4.78, 5) is 27.5. The molecule has 110 valence electrons. The van der Waals surface area contributed by atoms with Gasteiger partial charge in [0.15, 0.2) is 0 Å². The molecule has 6 nitrogen and oxygen atoms in total. The average molecular weight is 296 g/mol. The molecule has 0 bridgehead atoms. The molecule has 0 aliphatic heterocycles. The van der Waals surface area contributed by atoms with Gasteiger partial charge in [0.1, 0.15) is 22.7 Å². The third-order valence-electron chi connectivity index (χ3n) is 3.25. The van der Waals surface area contributed by atoms with Gasteiger partial charge in [0.25, 0.3) is 5.91 Å². The van der Waals surface area contributed by atoms with E-state index in [0.717, 1.165) is 0 Å². The highest BCUT2D eigenvalue weighted by Gasteiger charge is 2.19. The lowest BCUT2D eigenvalue weighted by atomic mass is 10.1. The molecule has 0 radical (unpaired) electrons. The van der Waals surface area contributed by atoms with Crippen LogP contribution in [0.2, 0.25) is 0 Å². The van der Waals surface area contributed by atoms with Gasteiger partial charge in [0, 0.05) is 17.1 Å². The summed E-state index contributed by atoms with van der Waals surface area (Å²) in [6.07, 6.45) is 1.57. The van der Waals surface area contributed by atoms with Crippen molar-refractivity contribution in [1.82, 2.24) is 4.98 Å². The molecule has 0 fully saturated rings. The zero-order chi connectivity index (χ0) is 15.7. The number of aromatic nitrogens is 1. The number of hydrogen-bond donors (Lipinski definition) is 2. The van der Waals surface area contributed by atoms with Gasteiger partial charge in [-0.15, -0.1) is 0 Å². The van der Waals surface area contributed by atoms with Crippen LogP contribution in [-0.4, -0.2) is 22.0 Å². The van der Waals surface area contributed by atoms with Crippen molar-refractivity contribution in [3.63, 3.8) is 0 Å². The number of aryl methyl sites for hydroxylation is 1. The minimum absolute atomic E-state index is 0.0717. The molecule has 0 spiro atoms. The number of pyridine rings is 1. The highest BCUT2D eigenvalue weighted by Crippen LogP contribution is 2.26. The predicted molar refractivity (Wildman–Crippen MR) is 80.1 cm³/mol. The monoisotopic (exact) mass is 296 g/mol. The van der Waals surface area contributed by atoms with Crippen LogP contribution in [0.4, 0.5) is 5.82 Å². The van der Waals surface area contributed by atoms with Crippen LogP contribution in [0.5, 0.6) is 0 Å². The van der Waals surface area contributed by atoms with Gasteiger partial charge >= 0.3 is 5.97 Å². The first-order valence-electron chi connectivity index (χ1n) is 6.55.